The van der Waals surface area contributed by atoms with Crippen LogP contribution in [0.5, 0.6) is 0 Å². The minimum Gasteiger partial charge on any atom is -0.357 e. The molecule has 2 N–H and O–H groups in total. The first-order valence-electron chi connectivity index (χ1n) is 6.51. The predicted octanol–water partition coefficient (Wildman–Crippen LogP) is 3.82. The van der Waals surface area contributed by atoms with Crippen molar-refractivity contribution in [1.82, 2.24) is 10.6 Å². The first-order chi connectivity index (χ1) is 8.42. The van der Waals surface area contributed by atoms with Crippen LogP contribution in [-0.4, -0.2) is 24.6 Å². The molecule has 19 heavy (non-hydrogen) atoms. The van der Waals surface area contributed by atoms with Crippen molar-refractivity contribution >= 4 is 41.3 Å². The Bertz CT molecular complexity index is 369. The van der Waals surface area contributed by atoms with Gasteiger partial charge in [0, 0.05) is 24.5 Å². The van der Waals surface area contributed by atoms with Crippen LogP contribution in [0.3, 0.4) is 0 Å². The molecule has 1 aromatic rings. The second-order valence-electron chi connectivity index (χ2n) is 5.55. The topological polar surface area (TPSA) is 36.4 Å². The molecule has 0 radical (unpaired) electrons. The molecule has 0 aliphatic carbocycles. The van der Waals surface area contributed by atoms with E-state index < -0.39 is 0 Å². The van der Waals surface area contributed by atoms with Gasteiger partial charge in [-0.2, -0.15) is 11.3 Å². The van der Waals surface area contributed by atoms with Gasteiger partial charge in [0.15, 0.2) is 5.96 Å². The quantitative estimate of drug-likeness (QED) is 0.462. The number of guanidine groups is 1. The van der Waals surface area contributed by atoms with Crippen molar-refractivity contribution in [3.05, 3.63) is 22.4 Å². The van der Waals surface area contributed by atoms with Crippen LogP contribution in [-0.2, 0) is 0 Å². The van der Waals surface area contributed by atoms with Crippen molar-refractivity contribution in [3.8, 4) is 0 Å². The van der Waals surface area contributed by atoms with E-state index >= 15 is 0 Å². The Morgan fingerprint density at radius 1 is 1.42 bits per heavy atom. The summed E-state index contributed by atoms with van der Waals surface area (Å²) < 4.78 is 0. The summed E-state index contributed by atoms with van der Waals surface area (Å²) in [5.74, 6) is 1.36. The Hall–Kier alpha value is -0.300. The van der Waals surface area contributed by atoms with Crippen LogP contribution in [0.25, 0.3) is 0 Å². The number of hydrogen-bond donors (Lipinski definition) is 2. The van der Waals surface area contributed by atoms with Gasteiger partial charge in [0.05, 0.1) is 0 Å². The largest absolute Gasteiger partial charge is 0.357 e. The Labute approximate surface area is 138 Å². The van der Waals surface area contributed by atoms with Gasteiger partial charge >= 0.3 is 0 Å². The van der Waals surface area contributed by atoms with E-state index in [1.54, 1.807) is 11.3 Å². The second-order valence-corrected chi connectivity index (χ2v) is 6.33. The Morgan fingerprint density at radius 2 is 2.11 bits per heavy atom. The number of rotatable bonds is 4. The molecule has 0 aliphatic rings. The smallest absolute Gasteiger partial charge is 0.191 e. The highest BCUT2D eigenvalue weighted by molar-refractivity contribution is 14.0. The van der Waals surface area contributed by atoms with Gasteiger partial charge in [0.25, 0.3) is 0 Å². The highest BCUT2D eigenvalue weighted by atomic mass is 127. The number of aliphatic imine (C=N–C) groups is 1. The van der Waals surface area contributed by atoms with Crippen LogP contribution in [0, 0.1) is 0 Å². The van der Waals surface area contributed by atoms with E-state index in [-0.39, 0.29) is 29.5 Å². The zero-order valence-electron chi connectivity index (χ0n) is 12.5. The predicted molar refractivity (Wildman–Crippen MR) is 97.0 cm³/mol. The average molecular weight is 395 g/mol. The molecule has 1 aromatic heterocycles. The van der Waals surface area contributed by atoms with E-state index in [4.69, 9.17) is 0 Å². The standard InChI is InChI=1S/C14H25N3S.HI/c1-6-15-13(17-14(3,4)5)16-9-11(2)12-7-8-18-10-12;/h7-8,10-11H,6,9H2,1-5H3,(H2,15,16,17);1H. The van der Waals surface area contributed by atoms with Crippen LogP contribution in [0.2, 0.25) is 0 Å². The number of hydrogen-bond acceptors (Lipinski definition) is 2. The van der Waals surface area contributed by atoms with Gasteiger partial charge in [0.1, 0.15) is 0 Å². The third-order valence-electron chi connectivity index (χ3n) is 2.47. The maximum absolute atomic E-state index is 4.65. The van der Waals surface area contributed by atoms with Crippen LogP contribution >= 0.6 is 35.3 Å². The van der Waals surface area contributed by atoms with Crippen LogP contribution < -0.4 is 10.6 Å². The molecule has 0 spiro atoms. The van der Waals surface area contributed by atoms with Crippen LogP contribution in [0.15, 0.2) is 21.8 Å². The molecule has 1 heterocycles. The molecule has 0 bridgehead atoms. The maximum atomic E-state index is 4.65. The molecule has 0 saturated carbocycles. The van der Waals surface area contributed by atoms with Crippen LogP contribution in [0.4, 0.5) is 0 Å². The van der Waals surface area contributed by atoms with Crippen molar-refractivity contribution in [2.75, 3.05) is 13.1 Å². The van der Waals surface area contributed by atoms with Crippen molar-refractivity contribution < 1.29 is 0 Å². The monoisotopic (exact) mass is 395 g/mol. The van der Waals surface area contributed by atoms with Gasteiger partial charge in [0.2, 0.25) is 0 Å². The molecular weight excluding hydrogens is 369 g/mol. The number of nitrogens with zero attached hydrogens (tertiary/aromatic N) is 1. The zero-order valence-corrected chi connectivity index (χ0v) is 15.6. The summed E-state index contributed by atoms with van der Waals surface area (Å²) in [6, 6.07) is 2.18. The van der Waals surface area contributed by atoms with Crippen LogP contribution in [0.1, 0.15) is 46.1 Å². The highest BCUT2D eigenvalue weighted by Gasteiger charge is 2.12. The summed E-state index contributed by atoms with van der Waals surface area (Å²) in [4.78, 5) is 4.65. The van der Waals surface area contributed by atoms with Gasteiger partial charge in [-0.05, 0) is 50.1 Å². The molecule has 0 aromatic carbocycles. The summed E-state index contributed by atoms with van der Waals surface area (Å²) >= 11 is 1.74. The fourth-order valence-corrected chi connectivity index (χ4v) is 2.33. The van der Waals surface area contributed by atoms with Gasteiger partial charge < -0.3 is 10.6 Å². The molecule has 3 nitrogen and oxygen atoms in total. The molecule has 1 rings (SSSR count). The van der Waals surface area contributed by atoms with E-state index in [9.17, 15) is 0 Å². The lowest BCUT2D eigenvalue weighted by Crippen LogP contribution is -2.47. The Kier molecular flexibility index (Phi) is 8.65. The minimum absolute atomic E-state index is 0. The summed E-state index contributed by atoms with van der Waals surface area (Å²) in [6.07, 6.45) is 0. The molecule has 0 aliphatic heterocycles. The molecular formula is C14H26IN3S. The lowest BCUT2D eigenvalue weighted by Gasteiger charge is -2.24. The van der Waals surface area contributed by atoms with Crippen molar-refractivity contribution in [3.63, 3.8) is 0 Å². The third kappa shape index (κ3) is 7.77. The average Bonchev–Trinajstić information content (AvgIpc) is 2.77. The number of thiophene rings is 1. The Morgan fingerprint density at radius 3 is 2.58 bits per heavy atom. The highest BCUT2D eigenvalue weighted by Crippen LogP contribution is 2.18. The van der Waals surface area contributed by atoms with E-state index in [2.05, 4.69) is 67.1 Å². The van der Waals surface area contributed by atoms with E-state index in [1.165, 1.54) is 5.56 Å². The SMILES string of the molecule is CCNC(=NCC(C)c1ccsc1)NC(C)(C)C.I. The normalized spacial score (nSPS) is 13.6. The maximum Gasteiger partial charge on any atom is 0.191 e. The fourth-order valence-electron chi connectivity index (χ4n) is 1.55. The lowest BCUT2D eigenvalue weighted by molar-refractivity contribution is 0.501. The molecule has 110 valence electrons. The summed E-state index contributed by atoms with van der Waals surface area (Å²) in [6.45, 7) is 12.4. The van der Waals surface area contributed by atoms with Gasteiger partial charge in [-0.3, -0.25) is 4.99 Å². The van der Waals surface area contributed by atoms with Gasteiger partial charge in [-0.1, -0.05) is 6.92 Å². The van der Waals surface area contributed by atoms with Crippen molar-refractivity contribution in [2.45, 2.75) is 46.1 Å². The zero-order chi connectivity index (χ0) is 13.6. The van der Waals surface area contributed by atoms with E-state index in [1.807, 2.05) is 0 Å². The molecule has 0 amide bonds. The first-order valence-corrected chi connectivity index (χ1v) is 7.45. The molecule has 5 heteroatoms. The third-order valence-corrected chi connectivity index (χ3v) is 3.17. The Balaban J connectivity index is 0.00000324. The van der Waals surface area contributed by atoms with Gasteiger partial charge in [-0.25, -0.2) is 0 Å². The van der Waals surface area contributed by atoms with Gasteiger partial charge in [-0.15, -0.1) is 24.0 Å². The second kappa shape index (κ2) is 8.79. The molecule has 1 atom stereocenters. The molecule has 0 fully saturated rings. The van der Waals surface area contributed by atoms with E-state index in [0.29, 0.717) is 5.92 Å². The number of nitrogens with one attached hydrogen (secondary N) is 2. The summed E-state index contributed by atoms with van der Waals surface area (Å²) in [7, 11) is 0. The fraction of sp³-hybridized carbons (Fsp3) is 0.643. The van der Waals surface area contributed by atoms with Crippen molar-refractivity contribution in [1.29, 1.82) is 0 Å². The lowest BCUT2D eigenvalue weighted by atomic mass is 10.1. The van der Waals surface area contributed by atoms with Crippen molar-refractivity contribution in [2.24, 2.45) is 4.99 Å². The number of halogens is 1. The molecule has 0 saturated heterocycles. The summed E-state index contributed by atoms with van der Waals surface area (Å²) in [5, 5.41) is 11.0. The summed E-state index contributed by atoms with van der Waals surface area (Å²) in [5.41, 5.74) is 1.41. The molecule has 1 unspecified atom stereocenters. The first kappa shape index (κ1) is 18.7. The van der Waals surface area contributed by atoms with E-state index in [0.717, 1.165) is 19.0 Å². The minimum atomic E-state index is 0.